The van der Waals surface area contributed by atoms with Gasteiger partial charge in [-0.25, -0.2) is 9.59 Å². The average molecular weight is 621 g/mol. The summed E-state index contributed by atoms with van der Waals surface area (Å²) >= 11 is 0. The van der Waals surface area contributed by atoms with Crippen molar-refractivity contribution in [1.29, 1.82) is 0 Å². The minimum Gasteiger partial charge on any atom is -0.482 e. The molecule has 0 aliphatic heterocycles. The van der Waals surface area contributed by atoms with Gasteiger partial charge in [0.1, 0.15) is 11.4 Å². The lowest BCUT2D eigenvalue weighted by Crippen LogP contribution is -2.48. The third-order valence-corrected chi connectivity index (χ3v) is 7.54. The van der Waals surface area contributed by atoms with Gasteiger partial charge in [0, 0.05) is 12.5 Å². The lowest BCUT2D eigenvalue weighted by molar-refractivity contribution is -0.145. The number of alkyl carbamates (subject to hydrolysis) is 1. The number of hydrogen-bond donors (Lipinski definition) is 3. The summed E-state index contributed by atoms with van der Waals surface area (Å²) < 4.78 is 16.5. The summed E-state index contributed by atoms with van der Waals surface area (Å²) in [6, 6.07) is 5.46. The average Bonchev–Trinajstić information content (AvgIpc) is 2.89. The Morgan fingerprint density at radius 1 is 0.977 bits per heavy atom. The topological polar surface area (TPSA) is 123 Å². The summed E-state index contributed by atoms with van der Waals surface area (Å²) in [7, 11) is 0. The SMILES string of the molecule is CCCCNC(=O)[C@H](C)C[C@H](O)[C@H](C[C@H](Cc1ccc(C(C)(C)C)c(OCC(=O)OCC)c1)C(C)C)NC(=O)OC(C)(C)C. The van der Waals surface area contributed by atoms with Crippen molar-refractivity contribution in [2.75, 3.05) is 19.8 Å². The van der Waals surface area contributed by atoms with Gasteiger partial charge < -0.3 is 30.0 Å². The van der Waals surface area contributed by atoms with Gasteiger partial charge in [-0.3, -0.25) is 4.79 Å². The fraction of sp³-hybridized carbons (Fsp3) is 0.743. The van der Waals surface area contributed by atoms with Crippen LogP contribution in [0.25, 0.3) is 0 Å². The fourth-order valence-electron chi connectivity index (χ4n) is 4.96. The fourth-order valence-corrected chi connectivity index (χ4v) is 4.96. The molecule has 0 aliphatic carbocycles. The molecule has 0 aliphatic rings. The van der Waals surface area contributed by atoms with Crippen molar-refractivity contribution in [2.24, 2.45) is 17.8 Å². The van der Waals surface area contributed by atoms with Crippen LogP contribution in [0.3, 0.4) is 0 Å². The van der Waals surface area contributed by atoms with E-state index < -0.39 is 35.7 Å². The lowest BCUT2D eigenvalue weighted by Gasteiger charge is -2.32. The Morgan fingerprint density at radius 2 is 1.64 bits per heavy atom. The number of amides is 2. The van der Waals surface area contributed by atoms with E-state index in [1.807, 2.05) is 12.1 Å². The summed E-state index contributed by atoms with van der Waals surface area (Å²) in [5, 5.41) is 17.2. The summed E-state index contributed by atoms with van der Waals surface area (Å²) in [6.45, 7) is 22.2. The van der Waals surface area contributed by atoms with Crippen LogP contribution >= 0.6 is 0 Å². The first-order valence-electron chi connectivity index (χ1n) is 16.2. The number of aliphatic hydroxyl groups is 1. The molecule has 3 N–H and O–H groups in total. The minimum absolute atomic E-state index is 0.0664. The summed E-state index contributed by atoms with van der Waals surface area (Å²) in [5.74, 6) is -0.0367. The van der Waals surface area contributed by atoms with E-state index in [1.165, 1.54) is 0 Å². The van der Waals surface area contributed by atoms with Gasteiger partial charge in [-0.2, -0.15) is 0 Å². The van der Waals surface area contributed by atoms with Crippen molar-refractivity contribution in [2.45, 2.75) is 131 Å². The summed E-state index contributed by atoms with van der Waals surface area (Å²) in [4.78, 5) is 37.5. The highest BCUT2D eigenvalue weighted by Gasteiger charge is 2.31. The van der Waals surface area contributed by atoms with E-state index in [2.05, 4.69) is 58.2 Å². The molecule has 0 radical (unpaired) electrons. The van der Waals surface area contributed by atoms with Crippen LogP contribution in [-0.4, -0.2) is 60.6 Å². The summed E-state index contributed by atoms with van der Waals surface area (Å²) in [6.07, 6.45) is 1.65. The van der Waals surface area contributed by atoms with Gasteiger partial charge in [0.25, 0.3) is 0 Å². The van der Waals surface area contributed by atoms with Gasteiger partial charge in [0.2, 0.25) is 5.91 Å². The molecule has 1 aromatic carbocycles. The van der Waals surface area contributed by atoms with E-state index in [-0.39, 0.29) is 42.8 Å². The maximum absolute atomic E-state index is 12.8. The van der Waals surface area contributed by atoms with E-state index in [1.54, 1.807) is 34.6 Å². The van der Waals surface area contributed by atoms with Crippen molar-refractivity contribution >= 4 is 18.0 Å². The van der Waals surface area contributed by atoms with Crippen molar-refractivity contribution in [3.8, 4) is 5.75 Å². The molecule has 0 spiro atoms. The van der Waals surface area contributed by atoms with Crippen LogP contribution in [0, 0.1) is 17.8 Å². The van der Waals surface area contributed by atoms with Crippen LogP contribution in [0.1, 0.15) is 113 Å². The number of esters is 1. The number of hydrogen-bond acceptors (Lipinski definition) is 7. The van der Waals surface area contributed by atoms with E-state index >= 15 is 0 Å². The van der Waals surface area contributed by atoms with E-state index in [0.29, 0.717) is 25.1 Å². The van der Waals surface area contributed by atoms with Gasteiger partial charge in [-0.05, 0) is 87.8 Å². The first-order valence-corrected chi connectivity index (χ1v) is 16.2. The molecule has 0 aromatic heterocycles. The quantitative estimate of drug-likeness (QED) is 0.137. The van der Waals surface area contributed by atoms with Crippen LogP contribution in [0.4, 0.5) is 4.79 Å². The van der Waals surface area contributed by atoms with Crippen molar-refractivity contribution in [1.82, 2.24) is 10.6 Å². The van der Waals surface area contributed by atoms with Gasteiger partial charge in [-0.15, -0.1) is 0 Å². The van der Waals surface area contributed by atoms with Crippen molar-refractivity contribution in [3.05, 3.63) is 29.3 Å². The Labute approximate surface area is 266 Å². The molecule has 0 heterocycles. The predicted octanol–water partition coefficient (Wildman–Crippen LogP) is 6.33. The molecular weight excluding hydrogens is 560 g/mol. The molecule has 44 heavy (non-hydrogen) atoms. The number of unbranched alkanes of at least 4 members (excludes halogenated alkanes) is 1. The smallest absolute Gasteiger partial charge is 0.407 e. The number of benzene rings is 1. The second-order valence-electron chi connectivity index (χ2n) is 14.2. The minimum atomic E-state index is -0.956. The second-order valence-corrected chi connectivity index (χ2v) is 14.2. The predicted molar refractivity (Wildman–Crippen MR) is 175 cm³/mol. The zero-order valence-electron chi connectivity index (χ0n) is 29.2. The van der Waals surface area contributed by atoms with Gasteiger partial charge in [0.05, 0.1) is 18.8 Å². The van der Waals surface area contributed by atoms with Crippen molar-refractivity contribution < 1.29 is 33.7 Å². The van der Waals surface area contributed by atoms with Crippen molar-refractivity contribution in [3.63, 3.8) is 0 Å². The second kappa shape index (κ2) is 18.2. The molecule has 4 atom stereocenters. The summed E-state index contributed by atoms with van der Waals surface area (Å²) in [5.41, 5.74) is 1.10. The molecule has 0 bridgehead atoms. The Morgan fingerprint density at radius 3 is 2.18 bits per heavy atom. The highest BCUT2D eigenvalue weighted by atomic mass is 16.6. The number of nitrogens with one attached hydrogen (secondary N) is 2. The molecule has 1 aromatic rings. The monoisotopic (exact) mass is 620 g/mol. The number of carbonyl (C=O) groups excluding carboxylic acids is 3. The zero-order valence-corrected chi connectivity index (χ0v) is 29.2. The molecule has 1 rings (SSSR count). The van der Waals surface area contributed by atoms with Crippen LogP contribution in [-0.2, 0) is 30.9 Å². The Balaban J connectivity index is 3.25. The molecule has 9 nitrogen and oxygen atoms in total. The van der Waals surface area contributed by atoms with E-state index in [4.69, 9.17) is 14.2 Å². The molecule has 0 unspecified atom stereocenters. The molecule has 252 valence electrons. The van der Waals surface area contributed by atoms with Gasteiger partial charge in [0.15, 0.2) is 6.61 Å². The molecular formula is C35H60N2O7. The third kappa shape index (κ3) is 14.8. The first-order chi connectivity index (χ1) is 20.4. The standard InChI is InChI=1S/C35H60N2O7/c1-12-14-17-36-32(40)24(5)18-29(38)28(37-33(41)44-35(9,10)11)21-26(23(3)4)19-25-15-16-27(34(6,7)8)30(20-25)43-22-31(39)42-13-2/h15-16,20,23-24,26,28-29,38H,12-14,17-19,21-22H2,1-11H3,(H,36,40)(H,37,41)/t24-,26+,28+,29+/m1/s1. The molecule has 9 heteroatoms. The zero-order chi connectivity index (χ0) is 33.7. The molecule has 2 amide bonds. The van der Waals surface area contributed by atoms with E-state index in [9.17, 15) is 19.5 Å². The van der Waals surface area contributed by atoms with Crippen LogP contribution in [0.2, 0.25) is 0 Å². The Hall–Kier alpha value is -2.81. The molecule has 0 saturated heterocycles. The number of aliphatic hydroxyl groups excluding tert-OH is 1. The lowest BCUT2D eigenvalue weighted by atomic mass is 9.80. The largest absolute Gasteiger partial charge is 0.482 e. The highest BCUT2D eigenvalue weighted by molar-refractivity contribution is 5.78. The van der Waals surface area contributed by atoms with Crippen LogP contribution in [0.5, 0.6) is 5.75 Å². The third-order valence-electron chi connectivity index (χ3n) is 7.54. The van der Waals surface area contributed by atoms with Gasteiger partial charge >= 0.3 is 12.1 Å². The number of rotatable bonds is 17. The number of carbonyl (C=O) groups is 3. The highest BCUT2D eigenvalue weighted by Crippen LogP contribution is 2.34. The molecule has 0 saturated carbocycles. The van der Waals surface area contributed by atoms with Crippen LogP contribution < -0.4 is 15.4 Å². The van der Waals surface area contributed by atoms with E-state index in [0.717, 1.165) is 24.0 Å². The molecule has 0 fully saturated rings. The van der Waals surface area contributed by atoms with Crippen LogP contribution in [0.15, 0.2) is 18.2 Å². The maximum Gasteiger partial charge on any atom is 0.407 e. The first kappa shape index (κ1) is 39.2. The normalized spacial score (nSPS) is 14.8. The van der Waals surface area contributed by atoms with Gasteiger partial charge in [-0.1, -0.05) is 67.0 Å². The Kier molecular flexibility index (Phi) is 16.2. The Bertz CT molecular complexity index is 1040. The maximum atomic E-state index is 12.8. The number of ether oxygens (including phenoxy) is 3.